The predicted octanol–water partition coefficient (Wildman–Crippen LogP) is 4.22. The van der Waals surface area contributed by atoms with Crippen molar-refractivity contribution < 1.29 is 0 Å². The van der Waals surface area contributed by atoms with E-state index in [0.29, 0.717) is 0 Å². The van der Waals surface area contributed by atoms with Gasteiger partial charge in [0.15, 0.2) is 0 Å². The zero-order valence-electron chi connectivity index (χ0n) is 8.60. The molecule has 1 nitrogen and oxygen atoms in total. The van der Waals surface area contributed by atoms with Gasteiger partial charge in [-0.3, -0.25) is 0 Å². The first-order valence-corrected chi connectivity index (χ1v) is 5.76. The second-order valence-electron chi connectivity index (χ2n) is 3.32. The van der Waals surface area contributed by atoms with Gasteiger partial charge in [0.2, 0.25) is 0 Å². The fourth-order valence-corrected chi connectivity index (χ4v) is 1.91. The van der Waals surface area contributed by atoms with Gasteiger partial charge >= 0.3 is 0 Å². The van der Waals surface area contributed by atoms with Crippen molar-refractivity contribution in [1.82, 2.24) is 0 Å². The normalized spacial score (nSPS) is 11.4. The van der Waals surface area contributed by atoms with Gasteiger partial charge in [-0.2, -0.15) is 0 Å². The van der Waals surface area contributed by atoms with E-state index in [9.17, 15) is 0 Å². The molecular weight excluding hydrogens is 202 g/mol. The monoisotopic (exact) mass is 215 g/mol. The van der Waals surface area contributed by atoms with E-state index < -0.39 is 0 Å². The van der Waals surface area contributed by atoms with Crippen molar-refractivity contribution >= 4 is 21.9 Å². The summed E-state index contributed by atoms with van der Waals surface area (Å²) < 4.78 is 0. The zero-order chi connectivity index (χ0) is 10.5. The standard InChI is InChI=1S/C13H13NS/c1-11(12-6-3-2-4-7-12)10-14-13-8-5-9-15-13/h2-10,14H,1H3/b11-10+. The molecule has 0 aliphatic heterocycles. The fraction of sp³-hybridized carbons (Fsp3) is 0.0769. The molecule has 0 spiro atoms. The number of nitrogens with one attached hydrogen (secondary N) is 1. The van der Waals surface area contributed by atoms with Gasteiger partial charge in [0.05, 0.1) is 5.00 Å². The summed E-state index contributed by atoms with van der Waals surface area (Å²) in [5.41, 5.74) is 2.49. The Morgan fingerprint density at radius 1 is 1.13 bits per heavy atom. The Kier molecular flexibility index (Phi) is 3.20. The van der Waals surface area contributed by atoms with Crippen LogP contribution in [-0.2, 0) is 0 Å². The molecule has 0 fully saturated rings. The molecule has 0 aliphatic carbocycles. The molecule has 0 amide bonds. The minimum absolute atomic E-state index is 1.17. The molecular formula is C13H13NS. The molecule has 0 saturated carbocycles. The van der Waals surface area contributed by atoms with Crippen molar-refractivity contribution in [2.24, 2.45) is 0 Å². The first-order chi connectivity index (χ1) is 7.36. The largest absolute Gasteiger partial charge is 0.353 e. The van der Waals surface area contributed by atoms with Gasteiger partial charge in [-0.25, -0.2) is 0 Å². The van der Waals surface area contributed by atoms with Crippen molar-refractivity contribution in [1.29, 1.82) is 0 Å². The molecule has 0 saturated heterocycles. The van der Waals surface area contributed by atoms with E-state index in [4.69, 9.17) is 0 Å². The fourth-order valence-electron chi connectivity index (χ4n) is 1.32. The van der Waals surface area contributed by atoms with Crippen molar-refractivity contribution in [3.05, 3.63) is 59.6 Å². The lowest BCUT2D eigenvalue weighted by molar-refractivity contribution is 1.54. The average molecular weight is 215 g/mol. The maximum atomic E-state index is 3.28. The number of thiophene rings is 1. The van der Waals surface area contributed by atoms with Crippen molar-refractivity contribution in [3.8, 4) is 0 Å². The average Bonchev–Trinajstić information content (AvgIpc) is 2.80. The summed E-state index contributed by atoms with van der Waals surface area (Å²) in [6.07, 6.45) is 2.04. The summed E-state index contributed by atoms with van der Waals surface area (Å²) >= 11 is 1.70. The lowest BCUT2D eigenvalue weighted by atomic mass is 10.1. The Hall–Kier alpha value is -1.54. The van der Waals surface area contributed by atoms with Crippen LogP contribution in [0.3, 0.4) is 0 Å². The quantitative estimate of drug-likeness (QED) is 0.808. The molecule has 1 aromatic heterocycles. The van der Waals surface area contributed by atoms with Crippen molar-refractivity contribution in [2.45, 2.75) is 6.92 Å². The van der Waals surface area contributed by atoms with Crippen LogP contribution in [0, 0.1) is 0 Å². The molecule has 1 N–H and O–H groups in total. The molecule has 1 heterocycles. The van der Waals surface area contributed by atoms with Gasteiger partial charge in [0.1, 0.15) is 0 Å². The van der Waals surface area contributed by atoms with Gasteiger partial charge in [-0.05, 0) is 35.6 Å². The number of anilines is 1. The van der Waals surface area contributed by atoms with E-state index in [1.54, 1.807) is 11.3 Å². The van der Waals surface area contributed by atoms with E-state index in [0.717, 1.165) is 0 Å². The van der Waals surface area contributed by atoms with Crippen LogP contribution in [-0.4, -0.2) is 0 Å². The molecule has 0 bridgehead atoms. The molecule has 0 radical (unpaired) electrons. The third kappa shape index (κ3) is 2.70. The summed E-state index contributed by atoms with van der Waals surface area (Å²) in [6.45, 7) is 2.11. The molecule has 0 unspecified atom stereocenters. The van der Waals surface area contributed by atoms with E-state index in [1.165, 1.54) is 16.1 Å². The van der Waals surface area contributed by atoms with Crippen LogP contribution in [0.5, 0.6) is 0 Å². The van der Waals surface area contributed by atoms with E-state index in [2.05, 4.69) is 48.0 Å². The highest BCUT2D eigenvalue weighted by Gasteiger charge is 1.93. The minimum atomic E-state index is 1.17. The van der Waals surface area contributed by atoms with Crippen LogP contribution in [0.25, 0.3) is 5.57 Å². The Labute approximate surface area is 94.1 Å². The summed E-state index contributed by atoms with van der Waals surface area (Å²) in [4.78, 5) is 0. The van der Waals surface area contributed by atoms with Crippen LogP contribution >= 0.6 is 11.3 Å². The second kappa shape index (κ2) is 4.80. The van der Waals surface area contributed by atoms with E-state index >= 15 is 0 Å². The van der Waals surface area contributed by atoms with Gasteiger partial charge in [-0.1, -0.05) is 30.3 Å². The smallest absolute Gasteiger partial charge is 0.0922 e. The maximum absolute atomic E-state index is 3.28. The number of hydrogen-bond donors (Lipinski definition) is 1. The van der Waals surface area contributed by atoms with Gasteiger partial charge in [0, 0.05) is 6.20 Å². The third-order valence-electron chi connectivity index (χ3n) is 2.18. The van der Waals surface area contributed by atoms with E-state index in [1.807, 2.05) is 18.3 Å². The molecule has 15 heavy (non-hydrogen) atoms. The zero-order valence-corrected chi connectivity index (χ0v) is 9.42. The van der Waals surface area contributed by atoms with Gasteiger partial charge < -0.3 is 5.32 Å². The Morgan fingerprint density at radius 3 is 2.60 bits per heavy atom. The molecule has 1 aromatic carbocycles. The Bertz CT molecular complexity index is 429. The molecule has 0 aliphatic rings. The SMILES string of the molecule is C/C(=C\Nc1cccs1)c1ccccc1. The lowest BCUT2D eigenvalue weighted by Gasteiger charge is -2.01. The summed E-state index contributed by atoms with van der Waals surface area (Å²) in [7, 11) is 0. The second-order valence-corrected chi connectivity index (χ2v) is 4.26. The van der Waals surface area contributed by atoms with Crippen molar-refractivity contribution in [3.63, 3.8) is 0 Å². The highest BCUT2D eigenvalue weighted by atomic mass is 32.1. The van der Waals surface area contributed by atoms with Crippen LogP contribution in [0.2, 0.25) is 0 Å². The molecule has 2 rings (SSSR count). The van der Waals surface area contributed by atoms with Gasteiger partial charge in [0.25, 0.3) is 0 Å². The predicted molar refractivity (Wildman–Crippen MR) is 68.0 cm³/mol. The van der Waals surface area contributed by atoms with Crippen molar-refractivity contribution in [2.75, 3.05) is 5.32 Å². The van der Waals surface area contributed by atoms with Crippen LogP contribution < -0.4 is 5.32 Å². The Morgan fingerprint density at radius 2 is 1.93 bits per heavy atom. The number of hydrogen-bond acceptors (Lipinski definition) is 2. The number of allylic oxidation sites excluding steroid dienone is 1. The maximum Gasteiger partial charge on any atom is 0.0922 e. The number of rotatable bonds is 3. The lowest BCUT2D eigenvalue weighted by Crippen LogP contribution is -1.86. The summed E-state index contributed by atoms with van der Waals surface area (Å²) in [5.74, 6) is 0. The summed E-state index contributed by atoms with van der Waals surface area (Å²) in [5, 5.41) is 6.51. The van der Waals surface area contributed by atoms with Crippen LogP contribution in [0.1, 0.15) is 12.5 Å². The molecule has 0 atom stereocenters. The van der Waals surface area contributed by atoms with Crippen LogP contribution in [0.4, 0.5) is 5.00 Å². The molecule has 2 aromatic rings. The topological polar surface area (TPSA) is 12.0 Å². The molecule has 76 valence electrons. The minimum Gasteiger partial charge on any atom is -0.353 e. The van der Waals surface area contributed by atoms with E-state index in [-0.39, 0.29) is 0 Å². The third-order valence-corrected chi connectivity index (χ3v) is 2.98. The number of benzene rings is 1. The summed E-state index contributed by atoms with van der Waals surface area (Å²) in [6, 6.07) is 14.5. The molecule has 2 heteroatoms. The first-order valence-electron chi connectivity index (χ1n) is 4.88. The van der Waals surface area contributed by atoms with Crippen LogP contribution in [0.15, 0.2) is 54.0 Å². The first kappa shape index (κ1) is 9.99. The highest BCUT2D eigenvalue weighted by molar-refractivity contribution is 7.14. The van der Waals surface area contributed by atoms with Gasteiger partial charge in [-0.15, -0.1) is 11.3 Å². The highest BCUT2D eigenvalue weighted by Crippen LogP contribution is 2.17. The Balaban J connectivity index is 2.08.